The maximum absolute atomic E-state index is 9.80. The number of nitrogens with two attached hydrogens (primary N) is 1. The molecule has 0 atom stereocenters. The van der Waals surface area contributed by atoms with Gasteiger partial charge in [-0.3, -0.25) is 4.98 Å². The molecule has 0 aliphatic carbocycles. The molecule has 0 fully saturated rings. The Morgan fingerprint density at radius 3 is 2.50 bits per heavy atom. The van der Waals surface area contributed by atoms with Crippen LogP contribution < -0.4 is 10.6 Å². The van der Waals surface area contributed by atoms with Gasteiger partial charge in [-0.25, -0.2) is 0 Å². The smallest absolute Gasteiger partial charge is 0.0765 e. The standard InChI is InChI=1S/C12H21N3O/c1-4-15(9-12(2,3)16)11-6-5-10(7-13)14-8-11/h5-6,8,16H,4,7,9,13H2,1-3H3. The third-order valence-corrected chi connectivity index (χ3v) is 2.34. The molecule has 90 valence electrons. The first kappa shape index (κ1) is 12.9. The van der Waals surface area contributed by atoms with E-state index >= 15 is 0 Å². The predicted octanol–water partition coefficient (Wildman–Crippen LogP) is 1.14. The summed E-state index contributed by atoms with van der Waals surface area (Å²) in [7, 11) is 0. The van der Waals surface area contributed by atoms with Gasteiger partial charge in [-0.15, -0.1) is 0 Å². The Bertz CT molecular complexity index is 316. The SMILES string of the molecule is CCN(CC(C)(C)O)c1ccc(CN)nc1. The van der Waals surface area contributed by atoms with Gasteiger partial charge in [-0.1, -0.05) is 0 Å². The molecular weight excluding hydrogens is 202 g/mol. The van der Waals surface area contributed by atoms with Crippen LogP contribution in [0.25, 0.3) is 0 Å². The molecule has 4 nitrogen and oxygen atoms in total. The van der Waals surface area contributed by atoms with Crippen molar-refractivity contribution in [2.45, 2.75) is 32.9 Å². The molecule has 0 radical (unpaired) electrons. The van der Waals surface area contributed by atoms with E-state index in [-0.39, 0.29) is 0 Å². The zero-order valence-corrected chi connectivity index (χ0v) is 10.3. The minimum absolute atomic E-state index is 0.456. The fraction of sp³-hybridized carbons (Fsp3) is 0.583. The van der Waals surface area contributed by atoms with Crippen LogP contribution in [0.4, 0.5) is 5.69 Å². The maximum Gasteiger partial charge on any atom is 0.0765 e. The number of pyridine rings is 1. The quantitative estimate of drug-likeness (QED) is 0.785. The number of hydrogen-bond donors (Lipinski definition) is 2. The lowest BCUT2D eigenvalue weighted by Crippen LogP contribution is -2.38. The Morgan fingerprint density at radius 2 is 2.12 bits per heavy atom. The number of aliphatic hydroxyl groups is 1. The highest BCUT2D eigenvalue weighted by molar-refractivity contribution is 5.44. The van der Waals surface area contributed by atoms with E-state index in [2.05, 4.69) is 16.8 Å². The maximum atomic E-state index is 9.80. The first-order chi connectivity index (χ1) is 7.46. The normalized spacial score (nSPS) is 11.6. The van der Waals surface area contributed by atoms with Gasteiger partial charge in [0.15, 0.2) is 0 Å². The fourth-order valence-electron chi connectivity index (χ4n) is 1.58. The van der Waals surface area contributed by atoms with Crippen molar-refractivity contribution in [3.05, 3.63) is 24.0 Å². The van der Waals surface area contributed by atoms with Crippen molar-refractivity contribution in [3.63, 3.8) is 0 Å². The van der Waals surface area contributed by atoms with Crippen LogP contribution in [0, 0.1) is 0 Å². The molecule has 4 heteroatoms. The van der Waals surface area contributed by atoms with Crippen LogP contribution in [0.1, 0.15) is 26.5 Å². The molecule has 1 aromatic rings. The van der Waals surface area contributed by atoms with Gasteiger partial charge >= 0.3 is 0 Å². The summed E-state index contributed by atoms with van der Waals surface area (Å²) in [5.41, 5.74) is 6.68. The lowest BCUT2D eigenvalue weighted by Gasteiger charge is -2.29. The molecule has 0 spiro atoms. The van der Waals surface area contributed by atoms with Crippen LogP contribution in [-0.4, -0.2) is 28.8 Å². The van der Waals surface area contributed by atoms with Gasteiger partial charge in [0, 0.05) is 19.6 Å². The lowest BCUT2D eigenvalue weighted by atomic mass is 10.1. The summed E-state index contributed by atoms with van der Waals surface area (Å²) in [6.07, 6.45) is 1.80. The second kappa shape index (κ2) is 5.27. The van der Waals surface area contributed by atoms with E-state index in [0.29, 0.717) is 13.1 Å². The second-order valence-corrected chi connectivity index (χ2v) is 4.54. The highest BCUT2D eigenvalue weighted by Crippen LogP contribution is 2.16. The highest BCUT2D eigenvalue weighted by atomic mass is 16.3. The van der Waals surface area contributed by atoms with Gasteiger partial charge in [0.25, 0.3) is 0 Å². The van der Waals surface area contributed by atoms with E-state index in [1.807, 2.05) is 12.1 Å². The zero-order chi connectivity index (χ0) is 12.2. The first-order valence-corrected chi connectivity index (χ1v) is 5.58. The van der Waals surface area contributed by atoms with Gasteiger partial charge in [-0.05, 0) is 32.9 Å². The third-order valence-electron chi connectivity index (χ3n) is 2.34. The monoisotopic (exact) mass is 223 g/mol. The average Bonchev–Trinajstić information content (AvgIpc) is 2.25. The topological polar surface area (TPSA) is 62.4 Å². The number of anilines is 1. The van der Waals surface area contributed by atoms with E-state index in [1.165, 1.54) is 0 Å². The highest BCUT2D eigenvalue weighted by Gasteiger charge is 2.17. The molecule has 16 heavy (non-hydrogen) atoms. The summed E-state index contributed by atoms with van der Waals surface area (Å²) < 4.78 is 0. The fourth-order valence-corrected chi connectivity index (χ4v) is 1.58. The zero-order valence-electron chi connectivity index (χ0n) is 10.3. The van der Waals surface area contributed by atoms with E-state index < -0.39 is 5.60 Å². The van der Waals surface area contributed by atoms with Crippen LogP contribution in [-0.2, 0) is 6.54 Å². The third kappa shape index (κ3) is 3.79. The Labute approximate surface area is 97.1 Å². The molecule has 1 rings (SSSR count). The largest absolute Gasteiger partial charge is 0.389 e. The van der Waals surface area contributed by atoms with Crippen LogP contribution in [0.3, 0.4) is 0 Å². The van der Waals surface area contributed by atoms with Crippen LogP contribution in [0.5, 0.6) is 0 Å². The van der Waals surface area contributed by atoms with E-state index in [9.17, 15) is 5.11 Å². The van der Waals surface area contributed by atoms with Crippen molar-refractivity contribution in [2.75, 3.05) is 18.0 Å². The van der Waals surface area contributed by atoms with Gasteiger partial charge in [0.05, 0.1) is 23.2 Å². The number of aromatic nitrogens is 1. The summed E-state index contributed by atoms with van der Waals surface area (Å²) in [6, 6.07) is 3.91. The Hall–Kier alpha value is -1.13. The van der Waals surface area contributed by atoms with Crippen LogP contribution in [0.15, 0.2) is 18.3 Å². The summed E-state index contributed by atoms with van der Waals surface area (Å²) in [4.78, 5) is 6.34. The molecule has 0 amide bonds. The van der Waals surface area contributed by atoms with Gasteiger partial charge in [0.2, 0.25) is 0 Å². The van der Waals surface area contributed by atoms with E-state index in [4.69, 9.17) is 5.73 Å². The van der Waals surface area contributed by atoms with E-state index in [0.717, 1.165) is 17.9 Å². The molecule has 0 unspecified atom stereocenters. The molecule has 1 heterocycles. The lowest BCUT2D eigenvalue weighted by molar-refractivity contribution is 0.0876. The predicted molar refractivity (Wildman–Crippen MR) is 66.3 cm³/mol. The van der Waals surface area contributed by atoms with E-state index in [1.54, 1.807) is 20.0 Å². The summed E-state index contributed by atoms with van der Waals surface area (Å²) in [5, 5.41) is 9.80. The first-order valence-electron chi connectivity index (χ1n) is 5.58. The molecule has 3 N–H and O–H groups in total. The molecule has 0 aliphatic heterocycles. The summed E-state index contributed by atoms with van der Waals surface area (Å²) >= 11 is 0. The summed E-state index contributed by atoms with van der Waals surface area (Å²) in [6.45, 7) is 7.55. The Morgan fingerprint density at radius 1 is 1.44 bits per heavy atom. The minimum atomic E-state index is -0.706. The molecular formula is C12H21N3O. The molecule has 0 saturated carbocycles. The molecule has 0 aromatic carbocycles. The Kier molecular flexibility index (Phi) is 4.26. The molecule has 1 aromatic heterocycles. The number of hydrogen-bond acceptors (Lipinski definition) is 4. The minimum Gasteiger partial charge on any atom is -0.389 e. The molecule has 0 saturated heterocycles. The van der Waals surface area contributed by atoms with Crippen molar-refractivity contribution in [1.29, 1.82) is 0 Å². The van der Waals surface area contributed by atoms with Gasteiger partial charge < -0.3 is 15.7 Å². The van der Waals surface area contributed by atoms with Gasteiger partial charge in [-0.2, -0.15) is 0 Å². The van der Waals surface area contributed by atoms with Crippen molar-refractivity contribution in [2.24, 2.45) is 5.73 Å². The van der Waals surface area contributed by atoms with Gasteiger partial charge in [0.1, 0.15) is 0 Å². The number of nitrogens with zero attached hydrogens (tertiary/aromatic N) is 2. The number of rotatable bonds is 5. The Balaban J connectivity index is 2.79. The number of likely N-dealkylation sites (N-methyl/N-ethyl adjacent to an activating group) is 1. The van der Waals surface area contributed by atoms with Crippen molar-refractivity contribution in [3.8, 4) is 0 Å². The average molecular weight is 223 g/mol. The summed E-state index contributed by atoms with van der Waals surface area (Å²) in [5.74, 6) is 0. The van der Waals surface area contributed by atoms with Crippen molar-refractivity contribution >= 4 is 5.69 Å². The van der Waals surface area contributed by atoms with Crippen molar-refractivity contribution < 1.29 is 5.11 Å². The van der Waals surface area contributed by atoms with Crippen LogP contribution in [0.2, 0.25) is 0 Å². The van der Waals surface area contributed by atoms with Crippen LogP contribution >= 0.6 is 0 Å². The molecule has 0 aliphatic rings. The van der Waals surface area contributed by atoms with Crippen molar-refractivity contribution in [1.82, 2.24) is 4.98 Å². The molecule has 0 bridgehead atoms. The second-order valence-electron chi connectivity index (χ2n) is 4.54.